The molecule has 0 aromatic rings. The van der Waals surface area contributed by atoms with Crippen LogP contribution in [0.4, 0.5) is 4.79 Å². The summed E-state index contributed by atoms with van der Waals surface area (Å²) in [6, 6.07) is 0. The number of carbonyl (C=O) groups is 1. The monoisotopic (exact) mass is 265 g/mol. The lowest BCUT2D eigenvalue weighted by Gasteiger charge is -1.95. The van der Waals surface area contributed by atoms with E-state index in [1.165, 1.54) is 0 Å². The molecule has 2 atom stereocenters. The van der Waals surface area contributed by atoms with Gasteiger partial charge < -0.3 is 10.4 Å². The minimum absolute atomic E-state index is 0.429. The first-order valence-electron chi connectivity index (χ1n) is 3.32. The van der Waals surface area contributed by atoms with Crippen LogP contribution in [0, 0.1) is 21.7 Å². The first kappa shape index (κ1) is 8.65. The summed E-state index contributed by atoms with van der Waals surface area (Å²) in [5.41, 5.74) is 0. The Bertz CT molecular complexity index is 218. The average molecular weight is 265 g/mol. The molecule has 60 valence electrons. The van der Waals surface area contributed by atoms with E-state index in [-0.39, 0.29) is 0 Å². The van der Waals surface area contributed by atoms with E-state index in [1.54, 1.807) is 0 Å². The zero-order chi connectivity index (χ0) is 8.27. The molecule has 0 spiro atoms. The predicted octanol–water partition coefficient (Wildman–Crippen LogP) is 1.29. The van der Waals surface area contributed by atoms with Gasteiger partial charge in [-0.3, -0.25) is 0 Å². The minimum atomic E-state index is -0.946. The molecule has 11 heavy (non-hydrogen) atoms. The topological polar surface area (TPSA) is 49.3 Å². The van der Waals surface area contributed by atoms with Gasteiger partial charge in [0.05, 0.1) is 0 Å². The summed E-state index contributed by atoms with van der Waals surface area (Å²) in [7, 11) is 0. The number of rotatable bonds is 2. The molecule has 2 N–H and O–H groups in total. The van der Waals surface area contributed by atoms with Crippen molar-refractivity contribution in [2.24, 2.45) is 11.8 Å². The van der Waals surface area contributed by atoms with Crippen molar-refractivity contribution in [3.63, 3.8) is 0 Å². The summed E-state index contributed by atoms with van der Waals surface area (Å²) < 4.78 is 2.79. The lowest BCUT2D eigenvalue weighted by molar-refractivity contribution is 0.194. The molecular weight excluding hydrogens is 257 g/mol. The smallest absolute Gasteiger partial charge is 0.404 e. The fourth-order valence-corrected chi connectivity index (χ4v) is 1.34. The Morgan fingerprint density at radius 1 is 1.82 bits per heavy atom. The van der Waals surface area contributed by atoms with Gasteiger partial charge in [-0.05, 0) is 16.3 Å². The number of halogens is 1. The fraction of sp³-hybridized carbons (Fsp3) is 0.571. The first-order valence-corrected chi connectivity index (χ1v) is 4.40. The minimum Gasteiger partial charge on any atom is -0.465 e. The molecule has 1 amide bonds. The van der Waals surface area contributed by atoms with Gasteiger partial charge >= 0.3 is 6.09 Å². The zero-order valence-electron chi connectivity index (χ0n) is 5.80. The third kappa shape index (κ3) is 2.97. The zero-order valence-corrected chi connectivity index (χ0v) is 7.96. The van der Waals surface area contributed by atoms with Crippen molar-refractivity contribution in [1.29, 1.82) is 0 Å². The van der Waals surface area contributed by atoms with E-state index in [2.05, 4.69) is 15.2 Å². The molecule has 0 radical (unpaired) electrons. The van der Waals surface area contributed by atoms with E-state index in [0.29, 0.717) is 18.4 Å². The summed E-state index contributed by atoms with van der Waals surface area (Å²) in [6.07, 6.45) is 0.0918. The van der Waals surface area contributed by atoms with Crippen LogP contribution in [-0.2, 0) is 0 Å². The van der Waals surface area contributed by atoms with Crippen LogP contribution in [0.2, 0.25) is 0 Å². The summed E-state index contributed by atoms with van der Waals surface area (Å²) in [5, 5.41) is 10.6. The molecule has 0 bridgehead atoms. The highest BCUT2D eigenvalue weighted by Gasteiger charge is 2.35. The predicted molar refractivity (Wildman–Crippen MR) is 49.4 cm³/mol. The molecule has 1 rings (SSSR count). The van der Waals surface area contributed by atoms with E-state index in [9.17, 15) is 4.79 Å². The van der Waals surface area contributed by atoms with Crippen LogP contribution in [0.5, 0.6) is 0 Å². The van der Waals surface area contributed by atoms with Crippen molar-refractivity contribution in [2.45, 2.75) is 6.42 Å². The lowest BCUT2D eigenvalue weighted by atomic mass is 10.3. The number of hydrogen-bond donors (Lipinski definition) is 2. The van der Waals surface area contributed by atoms with Gasteiger partial charge in [-0.15, -0.1) is 0 Å². The van der Waals surface area contributed by atoms with Crippen molar-refractivity contribution in [3.05, 3.63) is 0 Å². The van der Waals surface area contributed by atoms with E-state index < -0.39 is 6.09 Å². The molecule has 1 aliphatic rings. The van der Waals surface area contributed by atoms with E-state index in [1.807, 2.05) is 22.6 Å². The molecule has 1 aliphatic carbocycles. The molecular formula is C7H8INO2. The van der Waals surface area contributed by atoms with Crippen LogP contribution in [0.25, 0.3) is 0 Å². The summed E-state index contributed by atoms with van der Waals surface area (Å²) in [6.45, 7) is 0.547. The number of hydrogen-bond acceptors (Lipinski definition) is 1. The van der Waals surface area contributed by atoms with Crippen molar-refractivity contribution in [1.82, 2.24) is 5.32 Å². The van der Waals surface area contributed by atoms with Crippen LogP contribution in [0.1, 0.15) is 6.42 Å². The molecule has 0 aliphatic heterocycles. The SMILES string of the molecule is O=C(O)NCC1C[C@H]1C#CI. The van der Waals surface area contributed by atoms with Gasteiger partial charge in [-0.1, -0.05) is 5.92 Å². The molecule has 4 heteroatoms. The van der Waals surface area contributed by atoms with Crippen LogP contribution in [0.15, 0.2) is 0 Å². The number of amides is 1. The standard InChI is InChI=1S/C7H8INO2/c8-2-1-5-3-6(5)4-9-7(10)11/h5-6,9H,3-4H2,(H,10,11)/t5-,6?/m1/s1. The summed E-state index contributed by atoms with van der Waals surface area (Å²) in [5.74, 6) is 3.88. The molecule has 1 unspecified atom stereocenters. The van der Waals surface area contributed by atoms with Crippen molar-refractivity contribution >= 4 is 28.7 Å². The molecule has 0 saturated heterocycles. The maximum Gasteiger partial charge on any atom is 0.404 e. The van der Waals surface area contributed by atoms with Crippen molar-refractivity contribution in [3.8, 4) is 9.85 Å². The van der Waals surface area contributed by atoms with Gasteiger partial charge in [0.15, 0.2) is 0 Å². The third-order valence-electron chi connectivity index (χ3n) is 1.68. The second-order valence-corrected chi connectivity index (χ2v) is 3.07. The Morgan fingerprint density at radius 3 is 3.09 bits per heavy atom. The van der Waals surface area contributed by atoms with Gasteiger partial charge in [0.25, 0.3) is 0 Å². The molecule has 3 nitrogen and oxygen atoms in total. The fourth-order valence-electron chi connectivity index (χ4n) is 0.938. The second-order valence-electron chi connectivity index (χ2n) is 2.53. The average Bonchev–Trinajstić information content (AvgIpc) is 2.64. The molecule has 1 fully saturated rings. The Morgan fingerprint density at radius 2 is 2.55 bits per heavy atom. The van der Waals surface area contributed by atoms with Crippen molar-refractivity contribution in [2.75, 3.05) is 6.54 Å². The molecule has 0 aromatic heterocycles. The Balaban J connectivity index is 2.12. The normalized spacial score (nSPS) is 26.6. The highest BCUT2D eigenvalue weighted by Crippen LogP contribution is 2.37. The number of nitrogens with one attached hydrogen (secondary N) is 1. The summed E-state index contributed by atoms with van der Waals surface area (Å²) >= 11 is 2.00. The van der Waals surface area contributed by atoms with Crippen LogP contribution < -0.4 is 5.32 Å². The maximum absolute atomic E-state index is 10.0. The Labute approximate surface area is 78.7 Å². The Hall–Kier alpha value is -0.440. The van der Waals surface area contributed by atoms with Gasteiger partial charge in [-0.2, -0.15) is 0 Å². The third-order valence-corrected chi connectivity index (χ3v) is 1.99. The van der Waals surface area contributed by atoms with Gasteiger partial charge in [0.2, 0.25) is 0 Å². The lowest BCUT2D eigenvalue weighted by Crippen LogP contribution is -2.23. The maximum atomic E-state index is 10.0. The first-order chi connectivity index (χ1) is 5.24. The van der Waals surface area contributed by atoms with Gasteiger partial charge in [-0.25, -0.2) is 4.79 Å². The molecule has 0 heterocycles. The van der Waals surface area contributed by atoms with Crippen LogP contribution in [0.3, 0.4) is 0 Å². The van der Waals surface area contributed by atoms with Gasteiger partial charge in [0, 0.05) is 35.1 Å². The Kier molecular flexibility index (Phi) is 3.00. The van der Waals surface area contributed by atoms with Crippen LogP contribution in [-0.4, -0.2) is 17.7 Å². The van der Waals surface area contributed by atoms with E-state index in [4.69, 9.17) is 5.11 Å². The molecule has 1 saturated carbocycles. The van der Waals surface area contributed by atoms with Crippen LogP contribution >= 0.6 is 22.6 Å². The largest absolute Gasteiger partial charge is 0.465 e. The van der Waals surface area contributed by atoms with Gasteiger partial charge in [0.1, 0.15) is 0 Å². The highest BCUT2D eigenvalue weighted by molar-refractivity contribution is 14.1. The highest BCUT2D eigenvalue weighted by atomic mass is 127. The van der Waals surface area contributed by atoms with E-state index in [0.717, 1.165) is 6.42 Å². The molecule has 0 aromatic carbocycles. The summed E-state index contributed by atoms with van der Waals surface area (Å²) in [4.78, 5) is 10.0. The number of carboxylic acid groups (broad SMARTS) is 1. The van der Waals surface area contributed by atoms with Crippen molar-refractivity contribution < 1.29 is 9.90 Å². The van der Waals surface area contributed by atoms with E-state index >= 15 is 0 Å². The quantitative estimate of drug-likeness (QED) is 0.583. The second kappa shape index (κ2) is 3.81.